The lowest BCUT2D eigenvalue weighted by Crippen LogP contribution is -2.33. The fraction of sp³-hybridized carbons (Fsp3) is 0.455. The van der Waals surface area contributed by atoms with Crippen molar-refractivity contribution in [3.63, 3.8) is 0 Å². The lowest BCUT2D eigenvalue weighted by Gasteiger charge is -2.11. The summed E-state index contributed by atoms with van der Waals surface area (Å²) in [6, 6.07) is 1.10. The van der Waals surface area contributed by atoms with Gasteiger partial charge in [0.25, 0.3) is 0 Å². The number of amides is 2. The van der Waals surface area contributed by atoms with E-state index in [9.17, 15) is 9.59 Å². The van der Waals surface area contributed by atoms with Crippen molar-refractivity contribution in [1.29, 1.82) is 0 Å². The van der Waals surface area contributed by atoms with Crippen molar-refractivity contribution in [1.82, 2.24) is 5.32 Å². The first-order chi connectivity index (χ1) is 8.54. The van der Waals surface area contributed by atoms with Crippen LogP contribution in [-0.2, 0) is 0 Å². The molecular formula is C11H16N2O3S2. The fourth-order valence-electron chi connectivity index (χ4n) is 1.33. The van der Waals surface area contributed by atoms with Crippen molar-refractivity contribution >= 4 is 40.1 Å². The van der Waals surface area contributed by atoms with Gasteiger partial charge in [-0.2, -0.15) is 11.8 Å². The van der Waals surface area contributed by atoms with Gasteiger partial charge in [0.2, 0.25) is 0 Å². The number of carboxylic acid groups (broad SMARTS) is 1. The van der Waals surface area contributed by atoms with E-state index in [-0.39, 0.29) is 11.6 Å². The van der Waals surface area contributed by atoms with Crippen molar-refractivity contribution in [3.8, 4) is 0 Å². The number of anilines is 1. The van der Waals surface area contributed by atoms with Gasteiger partial charge in [-0.3, -0.25) is 5.32 Å². The number of hydrogen-bond donors (Lipinski definition) is 3. The molecule has 18 heavy (non-hydrogen) atoms. The third-order valence-corrected chi connectivity index (χ3v) is 3.92. The first-order valence-corrected chi connectivity index (χ1v) is 7.66. The second kappa shape index (κ2) is 7.27. The number of urea groups is 1. The summed E-state index contributed by atoms with van der Waals surface area (Å²) in [7, 11) is 0. The third kappa shape index (κ3) is 4.58. The van der Waals surface area contributed by atoms with E-state index < -0.39 is 5.97 Å². The van der Waals surface area contributed by atoms with Gasteiger partial charge >= 0.3 is 12.0 Å². The van der Waals surface area contributed by atoms with E-state index in [1.807, 2.05) is 13.2 Å². The van der Waals surface area contributed by atoms with Crippen molar-refractivity contribution in [3.05, 3.63) is 17.0 Å². The lowest BCUT2D eigenvalue weighted by molar-refractivity contribution is 0.0698. The molecule has 0 aliphatic rings. The Bertz CT molecular complexity index is 420. The van der Waals surface area contributed by atoms with E-state index in [1.54, 1.807) is 17.1 Å². The number of hydrogen-bond acceptors (Lipinski definition) is 4. The standard InChI is InChI=1S/C11H16N2O3S2/c1-7(6-17-2)5-12-11(16)13-9-8(10(14)15)3-4-18-9/h3-4,7H,5-6H2,1-2H3,(H,14,15)(H2,12,13,16). The SMILES string of the molecule is CSCC(C)CNC(=O)Nc1sccc1C(=O)O. The van der Waals surface area contributed by atoms with Crippen LogP contribution in [0.3, 0.4) is 0 Å². The normalized spacial score (nSPS) is 11.9. The van der Waals surface area contributed by atoms with Crippen molar-refractivity contribution < 1.29 is 14.7 Å². The summed E-state index contributed by atoms with van der Waals surface area (Å²) in [6.45, 7) is 2.62. The predicted molar refractivity (Wildman–Crippen MR) is 75.8 cm³/mol. The van der Waals surface area contributed by atoms with Gasteiger partial charge in [0.05, 0.1) is 5.56 Å². The Kier molecular flexibility index (Phi) is 6.00. The molecule has 0 spiro atoms. The second-order valence-electron chi connectivity index (χ2n) is 3.86. The Morgan fingerprint density at radius 1 is 1.56 bits per heavy atom. The number of carboxylic acids is 1. The van der Waals surface area contributed by atoms with Crippen LogP contribution in [0.2, 0.25) is 0 Å². The molecule has 2 amide bonds. The first-order valence-electron chi connectivity index (χ1n) is 5.39. The molecule has 100 valence electrons. The summed E-state index contributed by atoms with van der Waals surface area (Å²) in [5.41, 5.74) is 0.118. The molecule has 1 heterocycles. The van der Waals surface area contributed by atoms with Gasteiger partial charge < -0.3 is 10.4 Å². The van der Waals surface area contributed by atoms with E-state index in [4.69, 9.17) is 5.11 Å². The third-order valence-electron chi connectivity index (χ3n) is 2.18. The summed E-state index contributed by atoms with van der Waals surface area (Å²) in [6.07, 6.45) is 2.02. The van der Waals surface area contributed by atoms with Crippen LogP contribution in [0, 0.1) is 5.92 Å². The molecule has 0 aromatic carbocycles. The number of thioether (sulfide) groups is 1. The van der Waals surface area contributed by atoms with Gasteiger partial charge in [-0.1, -0.05) is 6.92 Å². The zero-order valence-corrected chi connectivity index (χ0v) is 11.9. The van der Waals surface area contributed by atoms with Gasteiger partial charge in [-0.15, -0.1) is 11.3 Å². The largest absolute Gasteiger partial charge is 0.478 e. The fourth-order valence-corrected chi connectivity index (χ4v) is 2.79. The molecule has 1 atom stereocenters. The molecule has 1 unspecified atom stereocenters. The van der Waals surface area contributed by atoms with E-state index in [0.717, 1.165) is 5.75 Å². The summed E-state index contributed by atoms with van der Waals surface area (Å²) < 4.78 is 0. The minimum absolute atomic E-state index is 0.118. The topological polar surface area (TPSA) is 78.4 Å². The van der Waals surface area contributed by atoms with Gasteiger partial charge in [0.15, 0.2) is 0 Å². The summed E-state index contributed by atoms with van der Waals surface area (Å²) in [5.74, 6) is 0.315. The number of nitrogens with one attached hydrogen (secondary N) is 2. The van der Waals surface area contributed by atoms with Crippen LogP contribution in [0.1, 0.15) is 17.3 Å². The highest BCUT2D eigenvalue weighted by Crippen LogP contribution is 2.22. The zero-order valence-electron chi connectivity index (χ0n) is 10.2. The molecule has 3 N–H and O–H groups in total. The maximum absolute atomic E-state index is 11.6. The van der Waals surface area contributed by atoms with Gasteiger partial charge in [-0.25, -0.2) is 9.59 Å². The van der Waals surface area contributed by atoms with E-state index in [2.05, 4.69) is 10.6 Å². The summed E-state index contributed by atoms with van der Waals surface area (Å²) >= 11 is 2.92. The van der Waals surface area contributed by atoms with Crippen LogP contribution in [0.5, 0.6) is 0 Å². The maximum Gasteiger partial charge on any atom is 0.338 e. The summed E-state index contributed by atoms with van der Waals surface area (Å²) in [4.78, 5) is 22.4. The Hall–Kier alpha value is -1.21. The highest BCUT2D eigenvalue weighted by atomic mass is 32.2. The van der Waals surface area contributed by atoms with Crippen LogP contribution in [0.25, 0.3) is 0 Å². The monoisotopic (exact) mass is 288 g/mol. The molecule has 0 radical (unpaired) electrons. The molecule has 7 heteroatoms. The maximum atomic E-state index is 11.6. The van der Waals surface area contributed by atoms with Crippen molar-refractivity contribution in [2.24, 2.45) is 5.92 Å². The minimum Gasteiger partial charge on any atom is -0.478 e. The van der Waals surface area contributed by atoms with Crippen LogP contribution in [0.15, 0.2) is 11.4 Å². The van der Waals surface area contributed by atoms with Gasteiger partial charge in [-0.05, 0) is 29.4 Å². The van der Waals surface area contributed by atoms with E-state index >= 15 is 0 Å². The van der Waals surface area contributed by atoms with Gasteiger partial charge in [0, 0.05) is 6.54 Å². The number of thiophene rings is 1. The average molecular weight is 288 g/mol. The molecule has 0 saturated heterocycles. The highest BCUT2D eigenvalue weighted by Gasteiger charge is 2.13. The predicted octanol–water partition coefficient (Wildman–Crippen LogP) is 2.57. The van der Waals surface area contributed by atoms with Crippen molar-refractivity contribution in [2.45, 2.75) is 6.92 Å². The molecule has 1 rings (SSSR count). The molecule has 5 nitrogen and oxygen atoms in total. The molecule has 0 aliphatic heterocycles. The molecule has 1 aromatic rings. The first kappa shape index (κ1) is 14.8. The number of carbonyl (C=O) groups excluding carboxylic acids is 1. The lowest BCUT2D eigenvalue weighted by atomic mass is 10.2. The number of rotatable bonds is 6. The Labute approximate surface area is 114 Å². The second-order valence-corrected chi connectivity index (χ2v) is 5.69. The molecular weight excluding hydrogens is 272 g/mol. The molecule has 0 bridgehead atoms. The average Bonchev–Trinajstić information content (AvgIpc) is 2.75. The van der Waals surface area contributed by atoms with Crippen LogP contribution in [-0.4, -0.2) is 35.7 Å². The summed E-state index contributed by atoms with van der Waals surface area (Å²) in [5, 5.41) is 16.2. The minimum atomic E-state index is -1.04. The number of aromatic carboxylic acids is 1. The van der Waals surface area contributed by atoms with Crippen LogP contribution in [0.4, 0.5) is 9.80 Å². The molecule has 0 saturated carbocycles. The smallest absolute Gasteiger partial charge is 0.338 e. The highest BCUT2D eigenvalue weighted by molar-refractivity contribution is 7.98. The Morgan fingerprint density at radius 2 is 2.28 bits per heavy atom. The molecule has 1 aromatic heterocycles. The Morgan fingerprint density at radius 3 is 2.89 bits per heavy atom. The quantitative estimate of drug-likeness (QED) is 0.751. The van der Waals surface area contributed by atoms with Crippen molar-refractivity contribution in [2.75, 3.05) is 23.9 Å². The molecule has 0 fully saturated rings. The van der Waals surface area contributed by atoms with Gasteiger partial charge in [0.1, 0.15) is 5.00 Å². The van der Waals surface area contributed by atoms with E-state index in [0.29, 0.717) is 17.5 Å². The van der Waals surface area contributed by atoms with E-state index in [1.165, 1.54) is 17.4 Å². The van der Waals surface area contributed by atoms with Crippen LogP contribution < -0.4 is 10.6 Å². The molecule has 0 aliphatic carbocycles. The Balaban J connectivity index is 2.45. The van der Waals surface area contributed by atoms with Crippen LogP contribution >= 0.6 is 23.1 Å². The number of carbonyl (C=O) groups is 2. The zero-order chi connectivity index (χ0) is 13.5.